The maximum absolute atomic E-state index is 9.28. The van der Waals surface area contributed by atoms with E-state index in [0.29, 0.717) is 5.56 Å². The Kier molecular flexibility index (Phi) is 5.73. The molecule has 2 aromatic carbocycles. The summed E-state index contributed by atoms with van der Waals surface area (Å²) in [7, 11) is 0. The minimum Gasteiger partial charge on any atom is -0.342 e. The summed E-state index contributed by atoms with van der Waals surface area (Å²) in [5, 5.41) is 13.7. The number of fused-ring (bicyclic) bond motifs is 1. The zero-order valence-electron chi connectivity index (χ0n) is 16.0. The molecule has 28 heavy (non-hydrogen) atoms. The van der Waals surface area contributed by atoms with Gasteiger partial charge in [0.05, 0.1) is 17.2 Å². The van der Waals surface area contributed by atoms with Crippen LogP contribution in [0.2, 0.25) is 0 Å². The third-order valence-corrected chi connectivity index (χ3v) is 5.19. The highest BCUT2D eigenvalue weighted by Gasteiger charge is 2.10. The van der Waals surface area contributed by atoms with E-state index < -0.39 is 0 Å². The Labute approximate surface area is 166 Å². The summed E-state index contributed by atoms with van der Waals surface area (Å²) in [4.78, 5) is 2.46. The number of piperazine rings is 1. The van der Waals surface area contributed by atoms with Crippen LogP contribution in [-0.4, -0.2) is 42.2 Å². The van der Waals surface area contributed by atoms with Crippen LogP contribution in [0.5, 0.6) is 0 Å². The fourth-order valence-electron chi connectivity index (χ4n) is 3.68. The third-order valence-electron chi connectivity index (χ3n) is 5.19. The molecule has 140 valence electrons. The van der Waals surface area contributed by atoms with Crippen LogP contribution in [-0.2, 0) is 6.54 Å². The smallest absolute Gasteiger partial charge is 0.0991 e. The fourth-order valence-corrected chi connectivity index (χ4v) is 3.68. The van der Waals surface area contributed by atoms with Gasteiger partial charge in [-0.15, -0.1) is 0 Å². The number of benzene rings is 2. The molecule has 1 aliphatic heterocycles. The van der Waals surface area contributed by atoms with Crippen molar-refractivity contribution in [2.45, 2.75) is 13.0 Å². The van der Waals surface area contributed by atoms with E-state index >= 15 is 0 Å². The maximum atomic E-state index is 9.28. The van der Waals surface area contributed by atoms with Gasteiger partial charge in [0.25, 0.3) is 0 Å². The molecule has 0 radical (unpaired) electrons. The van der Waals surface area contributed by atoms with Gasteiger partial charge in [-0.05, 0) is 23.8 Å². The number of nitriles is 1. The summed E-state index contributed by atoms with van der Waals surface area (Å²) in [6, 6.07) is 18.5. The molecule has 4 nitrogen and oxygen atoms in total. The Balaban J connectivity index is 1.58. The van der Waals surface area contributed by atoms with E-state index in [1.165, 1.54) is 5.56 Å². The molecule has 4 heteroatoms. The predicted molar refractivity (Wildman–Crippen MR) is 113 cm³/mol. The lowest BCUT2D eigenvalue weighted by atomic mass is 10.1. The summed E-state index contributed by atoms with van der Waals surface area (Å²) in [5.41, 5.74) is 4.05. The molecule has 1 saturated heterocycles. The molecule has 0 unspecified atom stereocenters. The first-order valence-electron chi connectivity index (χ1n) is 9.82. The summed E-state index contributed by atoms with van der Waals surface area (Å²) in [6.45, 7) is 6.15. The van der Waals surface area contributed by atoms with Crippen molar-refractivity contribution in [2.75, 3.05) is 32.7 Å². The van der Waals surface area contributed by atoms with Crippen LogP contribution < -0.4 is 5.32 Å². The summed E-state index contributed by atoms with van der Waals surface area (Å²) < 4.78 is 2.23. The van der Waals surface area contributed by atoms with Crippen molar-refractivity contribution in [2.24, 2.45) is 0 Å². The Morgan fingerprint density at radius 2 is 1.86 bits per heavy atom. The molecule has 3 aromatic rings. The van der Waals surface area contributed by atoms with Gasteiger partial charge in [-0.1, -0.05) is 42.2 Å². The van der Waals surface area contributed by atoms with Gasteiger partial charge in [0.15, 0.2) is 0 Å². The van der Waals surface area contributed by atoms with Gasteiger partial charge in [-0.3, -0.25) is 4.90 Å². The summed E-state index contributed by atoms with van der Waals surface area (Å²) in [6.07, 6.45) is 2.99. The minimum atomic E-state index is 0.675. The predicted octanol–water partition coefficient (Wildman–Crippen LogP) is 3.21. The molecule has 1 aromatic heterocycles. The fraction of sp³-hybridized carbons (Fsp3) is 0.292. The van der Waals surface area contributed by atoms with E-state index in [2.05, 4.69) is 63.2 Å². The Morgan fingerprint density at radius 1 is 1.04 bits per heavy atom. The Morgan fingerprint density at radius 3 is 2.64 bits per heavy atom. The van der Waals surface area contributed by atoms with Gasteiger partial charge in [0.2, 0.25) is 0 Å². The van der Waals surface area contributed by atoms with Crippen LogP contribution >= 0.6 is 0 Å². The van der Waals surface area contributed by atoms with Gasteiger partial charge >= 0.3 is 0 Å². The SMILES string of the molecule is N#Cc1ccc2c(c1)c(C#CCCN1CCNCC1)cn2Cc1ccccc1. The number of aromatic nitrogens is 1. The number of nitrogens with zero attached hydrogens (tertiary/aromatic N) is 3. The zero-order chi connectivity index (χ0) is 19.2. The lowest BCUT2D eigenvalue weighted by molar-refractivity contribution is 0.246. The number of hydrogen-bond donors (Lipinski definition) is 1. The topological polar surface area (TPSA) is 44.0 Å². The monoisotopic (exact) mass is 368 g/mol. The zero-order valence-corrected chi connectivity index (χ0v) is 16.0. The highest BCUT2D eigenvalue weighted by molar-refractivity contribution is 5.88. The molecule has 0 atom stereocenters. The van der Waals surface area contributed by atoms with Gasteiger partial charge < -0.3 is 9.88 Å². The molecule has 0 bridgehead atoms. The average molecular weight is 368 g/mol. The average Bonchev–Trinajstić information content (AvgIpc) is 3.09. The van der Waals surface area contributed by atoms with E-state index in [1.807, 2.05) is 24.3 Å². The van der Waals surface area contributed by atoms with Crippen molar-refractivity contribution in [3.8, 4) is 17.9 Å². The molecule has 0 aliphatic carbocycles. The molecular formula is C24H24N4. The maximum Gasteiger partial charge on any atom is 0.0991 e. The number of nitrogens with one attached hydrogen (secondary N) is 1. The van der Waals surface area contributed by atoms with Gasteiger partial charge in [0, 0.05) is 62.8 Å². The van der Waals surface area contributed by atoms with Crippen molar-refractivity contribution in [3.63, 3.8) is 0 Å². The molecular weight excluding hydrogens is 344 g/mol. The highest BCUT2D eigenvalue weighted by Crippen LogP contribution is 2.23. The van der Waals surface area contributed by atoms with Crippen LogP contribution in [0.3, 0.4) is 0 Å². The van der Waals surface area contributed by atoms with Crippen molar-refractivity contribution in [1.82, 2.24) is 14.8 Å². The molecule has 1 N–H and O–H groups in total. The van der Waals surface area contributed by atoms with Crippen LogP contribution in [0, 0.1) is 23.2 Å². The first-order chi connectivity index (χ1) is 13.8. The summed E-state index contributed by atoms with van der Waals surface area (Å²) in [5.74, 6) is 6.71. The largest absolute Gasteiger partial charge is 0.342 e. The van der Waals surface area contributed by atoms with Crippen molar-refractivity contribution >= 4 is 10.9 Å². The van der Waals surface area contributed by atoms with E-state index in [1.54, 1.807) is 0 Å². The van der Waals surface area contributed by atoms with Gasteiger partial charge in [0.1, 0.15) is 0 Å². The quantitative estimate of drug-likeness (QED) is 0.719. The van der Waals surface area contributed by atoms with E-state index in [0.717, 1.165) is 62.2 Å². The van der Waals surface area contributed by atoms with Crippen LogP contribution in [0.4, 0.5) is 0 Å². The van der Waals surface area contributed by atoms with Crippen LogP contribution in [0.1, 0.15) is 23.1 Å². The molecule has 1 fully saturated rings. The van der Waals surface area contributed by atoms with Crippen LogP contribution in [0.25, 0.3) is 10.9 Å². The number of hydrogen-bond acceptors (Lipinski definition) is 3. The standard InChI is InChI=1S/C24H24N4/c25-17-21-9-10-24-23(16-21)22(8-4-5-13-27-14-11-26-12-15-27)19-28(24)18-20-6-2-1-3-7-20/h1-3,6-7,9-10,16,19,26H,5,11-15,18H2. The van der Waals surface area contributed by atoms with Crippen LogP contribution in [0.15, 0.2) is 54.7 Å². The highest BCUT2D eigenvalue weighted by atomic mass is 15.2. The third kappa shape index (κ3) is 4.26. The van der Waals surface area contributed by atoms with Gasteiger partial charge in [-0.25, -0.2) is 0 Å². The van der Waals surface area contributed by atoms with Gasteiger partial charge in [-0.2, -0.15) is 5.26 Å². The van der Waals surface area contributed by atoms with E-state index in [9.17, 15) is 5.26 Å². The lowest BCUT2D eigenvalue weighted by Crippen LogP contribution is -2.43. The Hall–Kier alpha value is -3.05. The van der Waals surface area contributed by atoms with Crippen molar-refractivity contribution in [3.05, 3.63) is 71.4 Å². The first-order valence-corrected chi connectivity index (χ1v) is 9.82. The molecule has 0 amide bonds. The molecule has 0 spiro atoms. The minimum absolute atomic E-state index is 0.675. The normalized spacial score (nSPS) is 14.4. The second-order valence-electron chi connectivity index (χ2n) is 7.14. The summed E-state index contributed by atoms with van der Waals surface area (Å²) >= 11 is 0. The number of rotatable bonds is 4. The lowest BCUT2D eigenvalue weighted by Gasteiger charge is -2.26. The second-order valence-corrected chi connectivity index (χ2v) is 7.14. The molecule has 0 saturated carbocycles. The Bertz CT molecular complexity index is 1040. The molecule has 4 rings (SSSR count). The van der Waals surface area contributed by atoms with Crippen molar-refractivity contribution < 1.29 is 0 Å². The van der Waals surface area contributed by atoms with Crippen molar-refractivity contribution in [1.29, 1.82) is 5.26 Å². The molecule has 1 aliphatic rings. The first kappa shape index (κ1) is 18.3. The van der Waals surface area contributed by atoms with E-state index in [-0.39, 0.29) is 0 Å². The van der Waals surface area contributed by atoms with E-state index in [4.69, 9.17) is 0 Å². The second kappa shape index (κ2) is 8.76. The molecule has 2 heterocycles.